The summed E-state index contributed by atoms with van der Waals surface area (Å²) in [6, 6.07) is 11.6. The number of rotatable bonds is 5. The van der Waals surface area contributed by atoms with E-state index in [1.165, 1.54) is 0 Å². The lowest BCUT2D eigenvalue weighted by molar-refractivity contribution is 0.0528. The van der Waals surface area contributed by atoms with Crippen LogP contribution in [0, 0.1) is 6.92 Å². The molecule has 1 aliphatic rings. The summed E-state index contributed by atoms with van der Waals surface area (Å²) in [7, 11) is 1.85. The Kier molecular flexibility index (Phi) is 5.34. The van der Waals surface area contributed by atoms with Gasteiger partial charge in [-0.2, -0.15) is 5.10 Å². The number of benzene rings is 1. The Hall–Kier alpha value is -3.68. The number of oxazole rings is 1. The van der Waals surface area contributed by atoms with Crippen LogP contribution in [0.3, 0.4) is 0 Å². The highest BCUT2D eigenvalue weighted by Crippen LogP contribution is 2.33. The fraction of sp³-hybridized carbons (Fsp3) is 0.333. The number of likely N-dealkylation sites (tertiary alicyclic amines) is 1. The number of aromatic nitrogens is 4. The minimum atomic E-state index is -0.213. The maximum Gasteiger partial charge on any atom is 0.293 e. The molecule has 1 saturated heterocycles. The van der Waals surface area contributed by atoms with Crippen molar-refractivity contribution in [3.8, 4) is 11.3 Å². The summed E-state index contributed by atoms with van der Waals surface area (Å²) >= 11 is 0. The van der Waals surface area contributed by atoms with Crippen molar-refractivity contribution >= 4 is 5.91 Å². The van der Waals surface area contributed by atoms with Crippen molar-refractivity contribution in [2.24, 2.45) is 7.05 Å². The third-order valence-electron chi connectivity index (χ3n) is 5.85. The molecule has 4 aromatic rings. The molecule has 1 aromatic carbocycles. The molecule has 3 aromatic heterocycles. The second-order valence-electron chi connectivity index (χ2n) is 8.22. The molecule has 4 heterocycles. The van der Waals surface area contributed by atoms with E-state index >= 15 is 0 Å². The molecule has 1 fully saturated rings. The van der Waals surface area contributed by atoms with Gasteiger partial charge in [0.05, 0.1) is 11.9 Å². The maximum atomic E-state index is 13.3. The fourth-order valence-corrected chi connectivity index (χ4v) is 4.28. The van der Waals surface area contributed by atoms with Gasteiger partial charge in [0.25, 0.3) is 5.91 Å². The third kappa shape index (κ3) is 3.95. The molecule has 0 radical (unpaired) electrons. The van der Waals surface area contributed by atoms with Crippen LogP contribution < -0.4 is 0 Å². The van der Waals surface area contributed by atoms with Crippen LogP contribution in [0.1, 0.15) is 58.8 Å². The van der Waals surface area contributed by atoms with Gasteiger partial charge in [0.15, 0.2) is 0 Å². The Labute approximate surface area is 185 Å². The number of amides is 1. The molecule has 0 bridgehead atoms. The van der Waals surface area contributed by atoms with E-state index in [1.54, 1.807) is 21.8 Å². The van der Waals surface area contributed by atoms with E-state index in [9.17, 15) is 4.79 Å². The van der Waals surface area contributed by atoms with Crippen LogP contribution >= 0.6 is 0 Å². The number of carbonyl (C=O) groups is 1. The Morgan fingerprint density at radius 1 is 1.22 bits per heavy atom. The zero-order valence-corrected chi connectivity index (χ0v) is 18.2. The summed E-state index contributed by atoms with van der Waals surface area (Å²) in [4.78, 5) is 19.6. The lowest BCUT2D eigenvalue weighted by Crippen LogP contribution is -2.38. The molecule has 8 nitrogen and oxygen atoms in total. The number of nitrogens with zero attached hydrogens (tertiary/aromatic N) is 5. The van der Waals surface area contributed by atoms with Gasteiger partial charge in [0.2, 0.25) is 11.7 Å². The molecule has 1 atom stereocenters. The van der Waals surface area contributed by atoms with E-state index in [0.717, 1.165) is 41.8 Å². The second kappa shape index (κ2) is 8.45. The molecule has 0 saturated carbocycles. The zero-order valence-electron chi connectivity index (χ0n) is 18.2. The van der Waals surface area contributed by atoms with Gasteiger partial charge in [-0.3, -0.25) is 9.48 Å². The van der Waals surface area contributed by atoms with Crippen LogP contribution in [-0.2, 0) is 13.5 Å². The lowest BCUT2D eigenvalue weighted by atomic mass is 10.0. The molecule has 32 heavy (non-hydrogen) atoms. The summed E-state index contributed by atoms with van der Waals surface area (Å²) in [6.07, 6.45) is 7.05. The summed E-state index contributed by atoms with van der Waals surface area (Å²) in [5.74, 6) is 1.38. The maximum absolute atomic E-state index is 13.3. The Balaban J connectivity index is 1.36. The largest absolute Gasteiger partial charge is 0.443 e. The molecule has 5 rings (SSSR count). The van der Waals surface area contributed by atoms with Crippen molar-refractivity contribution in [2.75, 3.05) is 6.54 Å². The molecule has 0 N–H and O–H groups in total. The first-order valence-electron chi connectivity index (χ1n) is 10.9. The molecule has 0 unspecified atom stereocenters. The van der Waals surface area contributed by atoms with Gasteiger partial charge in [0, 0.05) is 37.8 Å². The van der Waals surface area contributed by atoms with Gasteiger partial charge in [-0.15, -0.1) is 0 Å². The van der Waals surface area contributed by atoms with Crippen molar-refractivity contribution in [1.29, 1.82) is 0 Å². The van der Waals surface area contributed by atoms with Gasteiger partial charge in [-0.25, -0.2) is 4.98 Å². The van der Waals surface area contributed by atoms with Crippen LogP contribution in [0.15, 0.2) is 57.7 Å². The fourth-order valence-electron chi connectivity index (χ4n) is 4.28. The van der Waals surface area contributed by atoms with Gasteiger partial charge < -0.3 is 13.8 Å². The SMILES string of the molecule is Cc1nn(C)cc1-c1cc(C(=O)N2CCCC[C@H]2c2ncc(Cc3ccccc3)o2)on1. The summed E-state index contributed by atoms with van der Waals surface area (Å²) in [5, 5.41) is 8.44. The second-order valence-corrected chi connectivity index (χ2v) is 8.22. The van der Waals surface area contributed by atoms with Crippen molar-refractivity contribution in [3.05, 3.63) is 77.5 Å². The van der Waals surface area contributed by atoms with Crippen LogP contribution in [0.25, 0.3) is 11.3 Å². The number of hydrogen-bond donors (Lipinski definition) is 0. The van der Waals surface area contributed by atoms with E-state index in [2.05, 4.69) is 27.4 Å². The normalized spacial score (nSPS) is 16.4. The van der Waals surface area contributed by atoms with Gasteiger partial charge in [-0.1, -0.05) is 35.5 Å². The standard InChI is InChI=1S/C24H25N5O3/c1-16-19(15-28(2)26-16)20-13-22(32-27-20)24(30)29-11-7-6-10-21(29)23-25-14-18(31-23)12-17-8-4-3-5-9-17/h3-5,8-9,13-15,21H,6-7,10-12H2,1-2H3/t21-/m0/s1. The van der Waals surface area contributed by atoms with Crippen LogP contribution in [-0.4, -0.2) is 37.3 Å². The number of aryl methyl sites for hydroxylation is 2. The highest BCUT2D eigenvalue weighted by molar-refractivity contribution is 5.92. The van der Waals surface area contributed by atoms with E-state index in [-0.39, 0.29) is 17.7 Å². The number of carbonyl (C=O) groups excluding carboxylic acids is 1. The monoisotopic (exact) mass is 431 g/mol. The summed E-state index contributed by atoms with van der Waals surface area (Å²) in [6.45, 7) is 2.53. The predicted molar refractivity (Wildman–Crippen MR) is 117 cm³/mol. The topological polar surface area (TPSA) is 90.2 Å². The minimum Gasteiger partial charge on any atom is -0.443 e. The minimum absolute atomic E-state index is 0.196. The smallest absolute Gasteiger partial charge is 0.293 e. The van der Waals surface area contributed by atoms with Crippen molar-refractivity contribution in [3.63, 3.8) is 0 Å². The summed E-state index contributed by atoms with van der Waals surface area (Å²) in [5.41, 5.74) is 3.45. The first kappa shape index (κ1) is 20.2. The van der Waals surface area contributed by atoms with Crippen LogP contribution in [0.4, 0.5) is 0 Å². The molecule has 1 amide bonds. The van der Waals surface area contributed by atoms with Crippen LogP contribution in [0.5, 0.6) is 0 Å². The predicted octanol–water partition coefficient (Wildman–Crippen LogP) is 4.33. The first-order chi connectivity index (χ1) is 15.6. The molecule has 0 aliphatic carbocycles. The molecular formula is C24H25N5O3. The molecule has 8 heteroatoms. The summed E-state index contributed by atoms with van der Waals surface area (Å²) < 4.78 is 13.2. The van der Waals surface area contributed by atoms with Gasteiger partial charge in [-0.05, 0) is 31.7 Å². The molecule has 0 spiro atoms. The third-order valence-corrected chi connectivity index (χ3v) is 5.85. The van der Waals surface area contributed by atoms with E-state index in [0.29, 0.717) is 24.6 Å². The number of piperidine rings is 1. The molecule has 164 valence electrons. The average Bonchev–Trinajstić information content (AvgIpc) is 3.54. The van der Waals surface area contributed by atoms with Crippen molar-refractivity contribution in [2.45, 2.75) is 38.6 Å². The quantitative estimate of drug-likeness (QED) is 0.467. The van der Waals surface area contributed by atoms with E-state index in [4.69, 9.17) is 8.94 Å². The van der Waals surface area contributed by atoms with E-state index in [1.807, 2.05) is 38.4 Å². The van der Waals surface area contributed by atoms with Gasteiger partial charge >= 0.3 is 0 Å². The van der Waals surface area contributed by atoms with Crippen molar-refractivity contribution in [1.82, 2.24) is 24.8 Å². The average molecular weight is 431 g/mol. The zero-order chi connectivity index (χ0) is 22.1. The Morgan fingerprint density at radius 3 is 2.84 bits per heavy atom. The highest BCUT2D eigenvalue weighted by Gasteiger charge is 2.34. The van der Waals surface area contributed by atoms with Crippen LogP contribution in [0.2, 0.25) is 0 Å². The lowest BCUT2D eigenvalue weighted by Gasteiger charge is -2.32. The Morgan fingerprint density at radius 2 is 2.06 bits per heavy atom. The van der Waals surface area contributed by atoms with Crippen molar-refractivity contribution < 1.29 is 13.7 Å². The highest BCUT2D eigenvalue weighted by atomic mass is 16.5. The van der Waals surface area contributed by atoms with Gasteiger partial charge in [0.1, 0.15) is 17.5 Å². The molecular weight excluding hydrogens is 406 g/mol. The molecule has 1 aliphatic heterocycles. The first-order valence-corrected chi connectivity index (χ1v) is 10.9. The Bertz CT molecular complexity index is 1220. The van der Waals surface area contributed by atoms with E-state index < -0.39 is 0 Å². The number of hydrogen-bond acceptors (Lipinski definition) is 6.